The minimum atomic E-state index is -0.969. The number of barbiturate groups is 1. The Morgan fingerprint density at radius 2 is 1.76 bits per heavy atom. The highest BCUT2D eigenvalue weighted by atomic mass is 16.2. The maximum absolute atomic E-state index is 12.6. The van der Waals surface area contributed by atoms with Crippen LogP contribution >= 0.6 is 0 Å². The van der Waals surface area contributed by atoms with E-state index >= 15 is 0 Å². The number of imide groups is 2. The van der Waals surface area contributed by atoms with Crippen LogP contribution in [0.1, 0.15) is 46.0 Å². The van der Waals surface area contributed by atoms with Crippen LogP contribution < -0.4 is 5.32 Å². The third kappa shape index (κ3) is 2.95. The lowest BCUT2D eigenvalue weighted by Gasteiger charge is -2.37. The monoisotopic (exact) mass is 295 g/mol. The largest absolute Gasteiger partial charge is 0.330 e. The topological polar surface area (TPSA) is 69.7 Å². The zero-order valence-electron chi connectivity index (χ0n) is 13.0. The van der Waals surface area contributed by atoms with Crippen LogP contribution in [0.25, 0.3) is 0 Å². The second-order valence-corrected chi connectivity index (χ2v) is 5.89. The zero-order chi connectivity index (χ0) is 15.5. The summed E-state index contributed by atoms with van der Waals surface area (Å²) < 4.78 is 0. The average molecular weight is 295 g/mol. The summed E-state index contributed by atoms with van der Waals surface area (Å²) in [5.74, 6) is -0.678. The molecule has 1 N–H and O–H groups in total. The first-order valence-corrected chi connectivity index (χ1v) is 7.95. The van der Waals surface area contributed by atoms with Crippen molar-refractivity contribution >= 4 is 17.8 Å². The molecule has 0 aromatic carbocycles. The minimum absolute atomic E-state index is 0.284. The van der Waals surface area contributed by atoms with E-state index in [1.165, 1.54) is 4.90 Å². The number of amides is 4. The number of urea groups is 1. The molecule has 1 aliphatic carbocycles. The Bertz CT molecular complexity index is 426. The summed E-state index contributed by atoms with van der Waals surface area (Å²) in [5.41, 5.74) is -0.969. The standard InChI is InChI=1S/C15H25N3O3/c1-3-17(4-2)10-7-11-18-13(20)15(8-5-6-9-15)12(19)16-14(18)21/h3-11H2,1-2H3,(H,16,19,21). The van der Waals surface area contributed by atoms with Crippen molar-refractivity contribution in [2.24, 2.45) is 5.41 Å². The van der Waals surface area contributed by atoms with E-state index in [9.17, 15) is 14.4 Å². The predicted octanol–water partition coefficient (Wildman–Crippen LogP) is 1.36. The lowest BCUT2D eigenvalue weighted by atomic mass is 9.82. The first kappa shape index (κ1) is 15.9. The van der Waals surface area contributed by atoms with E-state index in [2.05, 4.69) is 24.1 Å². The zero-order valence-corrected chi connectivity index (χ0v) is 13.0. The lowest BCUT2D eigenvalue weighted by molar-refractivity contribution is -0.151. The molecular weight excluding hydrogens is 270 g/mol. The van der Waals surface area contributed by atoms with Crippen LogP contribution in [0, 0.1) is 5.41 Å². The molecule has 2 rings (SSSR count). The van der Waals surface area contributed by atoms with Gasteiger partial charge in [0.2, 0.25) is 11.8 Å². The normalized spacial score (nSPS) is 21.5. The molecule has 2 fully saturated rings. The smallest absolute Gasteiger partial charge is 0.304 e. The number of hydrogen-bond acceptors (Lipinski definition) is 4. The Kier molecular flexibility index (Phi) is 4.98. The van der Waals surface area contributed by atoms with E-state index in [-0.39, 0.29) is 5.91 Å². The molecule has 2 aliphatic rings. The first-order valence-electron chi connectivity index (χ1n) is 7.95. The molecular formula is C15H25N3O3. The van der Waals surface area contributed by atoms with E-state index in [1.807, 2.05) is 0 Å². The van der Waals surface area contributed by atoms with Crippen molar-refractivity contribution in [3.63, 3.8) is 0 Å². The van der Waals surface area contributed by atoms with Crippen molar-refractivity contribution in [2.45, 2.75) is 46.0 Å². The van der Waals surface area contributed by atoms with Crippen LogP contribution in [-0.4, -0.2) is 53.8 Å². The first-order chi connectivity index (χ1) is 10.0. The summed E-state index contributed by atoms with van der Waals surface area (Å²) >= 11 is 0. The van der Waals surface area contributed by atoms with Crippen molar-refractivity contribution in [3.05, 3.63) is 0 Å². The Morgan fingerprint density at radius 3 is 2.33 bits per heavy atom. The van der Waals surface area contributed by atoms with Crippen molar-refractivity contribution < 1.29 is 14.4 Å². The van der Waals surface area contributed by atoms with Gasteiger partial charge in [-0.05, 0) is 38.9 Å². The number of rotatable bonds is 6. The quantitative estimate of drug-likeness (QED) is 0.751. The van der Waals surface area contributed by atoms with E-state index < -0.39 is 17.4 Å². The molecule has 6 nitrogen and oxygen atoms in total. The minimum Gasteiger partial charge on any atom is -0.304 e. The van der Waals surface area contributed by atoms with Crippen LogP contribution in [-0.2, 0) is 9.59 Å². The van der Waals surface area contributed by atoms with E-state index in [0.717, 1.165) is 38.9 Å². The molecule has 1 heterocycles. The van der Waals surface area contributed by atoms with Gasteiger partial charge < -0.3 is 4.90 Å². The maximum Gasteiger partial charge on any atom is 0.330 e. The van der Waals surface area contributed by atoms with Gasteiger partial charge in [-0.15, -0.1) is 0 Å². The molecule has 4 amide bonds. The lowest BCUT2D eigenvalue weighted by Crippen LogP contribution is -2.63. The van der Waals surface area contributed by atoms with Gasteiger partial charge in [-0.3, -0.25) is 19.8 Å². The fraction of sp³-hybridized carbons (Fsp3) is 0.800. The van der Waals surface area contributed by atoms with Crippen molar-refractivity contribution in [3.8, 4) is 0 Å². The highest BCUT2D eigenvalue weighted by Gasteiger charge is 2.54. The van der Waals surface area contributed by atoms with Gasteiger partial charge >= 0.3 is 6.03 Å². The number of nitrogens with zero attached hydrogens (tertiary/aromatic N) is 2. The van der Waals surface area contributed by atoms with Crippen LogP contribution in [0.2, 0.25) is 0 Å². The molecule has 1 saturated heterocycles. The number of carbonyl (C=O) groups is 3. The number of nitrogens with one attached hydrogen (secondary N) is 1. The molecule has 1 saturated carbocycles. The average Bonchev–Trinajstić information content (AvgIpc) is 2.96. The van der Waals surface area contributed by atoms with Crippen LogP contribution in [0.3, 0.4) is 0 Å². The molecule has 0 atom stereocenters. The second-order valence-electron chi connectivity index (χ2n) is 5.89. The summed E-state index contributed by atoms with van der Waals surface area (Å²) in [6.07, 6.45) is 3.63. The fourth-order valence-electron chi connectivity index (χ4n) is 3.35. The predicted molar refractivity (Wildman–Crippen MR) is 78.6 cm³/mol. The summed E-state index contributed by atoms with van der Waals surface area (Å²) in [6, 6.07) is -0.554. The number of carbonyl (C=O) groups excluding carboxylic acids is 3. The highest BCUT2D eigenvalue weighted by molar-refractivity contribution is 6.19. The van der Waals surface area contributed by atoms with Crippen LogP contribution in [0.5, 0.6) is 0 Å². The van der Waals surface area contributed by atoms with Crippen LogP contribution in [0.15, 0.2) is 0 Å². The third-order valence-corrected chi connectivity index (χ3v) is 4.76. The Labute approximate surface area is 125 Å². The molecule has 0 radical (unpaired) electrons. The van der Waals surface area contributed by atoms with Gasteiger partial charge in [0.25, 0.3) is 0 Å². The van der Waals surface area contributed by atoms with E-state index in [4.69, 9.17) is 0 Å². The molecule has 118 valence electrons. The summed E-state index contributed by atoms with van der Waals surface area (Å²) in [6.45, 7) is 7.34. The molecule has 0 unspecified atom stereocenters. The van der Waals surface area contributed by atoms with Crippen molar-refractivity contribution in [1.29, 1.82) is 0 Å². The Balaban J connectivity index is 2.00. The molecule has 1 aliphatic heterocycles. The van der Waals surface area contributed by atoms with Gasteiger partial charge in [0, 0.05) is 6.54 Å². The SMILES string of the molecule is CCN(CC)CCCN1C(=O)NC(=O)C2(CCCC2)C1=O. The molecule has 0 bridgehead atoms. The Hall–Kier alpha value is -1.43. The summed E-state index contributed by atoms with van der Waals surface area (Å²) in [5, 5.41) is 2.37. The Morgan fingerprint density at radius 1 is 1.14 bits per heavy atom. The maximum atomic E-state index is 12.6. The van der Waals surface area contributed by atoms with Gasteiger partial charge in [0.05, 0.1) is 0 Å². The molecule has 21 heavy (non-hydrogen) atoms. The summed E-state index contributed by atoms with van der Waals surface area (Å²) in [4.78, 5) is 40.1. The van der Waals surface area contributed by atoms with Gasteiger partial charge in [0.1, 0.15) is 5.41 Å². The third-order valence-electron chi connectivity index (χ3n) is 4.76. The van der Waals surface area contributed by atoms with E-state index in [0.29, 0.717) is 19.4 Å². The number of hydrogen-bond donors (Lipinski definition) is 1. The molecule has 1 spiro atoms. The highest BCUT2D eigenvalue weighted by Crippen LogP contribution is 2.41. The van der Waals surface area contributed by atoms with Crippen LogP contribution in [0.4, 0.5) is 4.79 Å². The molecule has 0 aromatic heterocycles. The van der Waals surface area contributed by atoms with Gasteiger partial charge in [-0.1, -0.05) is 26.7 Å². The van der Waals surface area contributed by atoms with Gasteiger partial charge in [-0.2, -0.15) is 0 Å². The summed E-state index contributed by atoms with van der Waals surface area (Å²) in [7, 11) is 0. The van der Waals surface area contributed by atoms with E-state index in [1.54, 1.807) is 0 Å². The fourth-order valence-corrected chi connectivity index (χ4v) is 3.35. The molecule has 6 heteroatoms. The van der Waals surface area contributed by atoms with Gasteiger partial charge in [-0.25, -0.2) is 4.79 Å². The second kappa shape index (κ2) is 6.56. The van der Waals surface area contributed by atoms with Crippen molar-refractivity contribution in [2.75, 3.05) is 26.2 Å². The molecule has 0 aromatic rings. The van der Waals surface area contributed by atoms with Crippen molar-refractivity contribution in [1.82, 2.24) is 15.1 Å². The van der Waals surface area contributed by atoms with Gasteiger partial charge in [0.15, 0.2) is 0 Å².